The summed E-state index contributed by atoms with van der Waals surface area (Å²) in [6.07, 6.45) is -25.0. The Morgan fingerprint density at radius 2 is 0.661 bits per heavy atom. The monoisotopic (exact) mass is 1690 g/mol. The molecular formula is C98H141N5O15. The minimum Gasteiger partial charge on any atom is -0.493 e. The van der Waals surface area contributed by atoms with Crippen LogP contribution in [0.25, 0.3) is 0 Å². The molecular weight excluding hydrogens is 1490 g/mol. The lowest BCUT2D eigenvalue weighted by molar-refractivity contribution is -0.130. The molecule has 5 aromatic rings. The lowest BCUT2D eigenvalue weighted by Gasteiger charge is -2.43. The molecule has 0 spiro atoms. The zero-order valence-electron chi connectivity index (χ0n) is 127. The Morgan fingerprint density at radius 1 is 0.373 bits per heavy atom. The summed E-state index contributed by atoms with van der Waals surface area (Å²) in [5.41, 5.74) is 1.51. The second kappa shape index (κ2) is 41.7. The van der Waals surface area contributed by atoms with E-state index in [0.29, 0.717) is 37.0 Å². The second-order valence-electron chi connectivity index (χ2n) is 29.8. The summed E-state index contributed by atoms with van der Waals surface area (Å²) in [7, 11) is -8.73. The van der Waals surface area contributed by atoms with E-state index in [0.717, 1.165) is 30.9 Å². The highest BCUT2D eigenvalue weighted by molar-refractivity contribution is 5.86. The average Bonchev–Trinajstić information content (AvgIpc) is 0.674. The highest BCUT2D eigenvalue weighted by Gasteiger charge is 2.45. The predicted molar refractivity (Wildman–Crippen MR) is 465 cm³/mol. The van der Waals surface area contributed by atoms with Crippen molar-refractivity contribution in [1.29, 1.82) is 0 Å². The van der Waals surface area contributed by atoms with E-state index in [1.165, 1.54) is 21.3 Å². The number of carbonyl (C=O) groups is 5. The number of hydrogen-bond acceptors (Lipinski definition) is 20. The summed E-state index contributed by atoms with van der Waals surface area (Å²) in [4.78, 5) is 73.7. The largest absolute Gasteiger partial charge is 0.493 e. The molecule has 0 radical (unpaired) electrons. The van der Waals surface area contributed by atoms with Gasteiger partial charge in [-0.25, -0.2) is 0 Å². The zero-order valence-corrected chi connectivity index (χ0v) is 67.9. The number of ether oxygens (including phenoxy) is 10. The fraction of sp³-hybridized carbons (Fsp3) is 0.643. The molecule has 0 bridgehead atoms. The maximum absolute atomic E-state index is 13.7. The lowest BCUT2D eigenvalue weighted by Crippen LogP contribution is -2.46. The molecule has 20 heteroatoms. The first-order valence-electron chi connectivity index (χ1n) is 68.0. The number of rotatable bonds is 23. The average molecular weight is 1690 g/mol. The summed E-state index contributed by atoms with van der Waals surface area (Å²) < 4.78 is 529. The van der Waals surface area contributed by atoms with Gasteiger partial charge in [0, 0.05) is 204 Å². The van der Waals surface area contributed by atoms with Gasteiger partial charge in [0.05, 0.1) is 105 Å². The van der Waals surface area contributed by atoms with E-state index >= 15 is 0 Å². The van der Waals surface area contributed by atoms with Gasteiger partial charge in [-0.2, -0.15) is 0 Å². The molecule has 20 nitrogen and oxygen atoms in total. The van der Waals surface area contributed by atoms with E-state index in [9.17, 15) is 24.0 Å². The molecule has 648 valence electrons. The first-order valence-corrected chi connectivity index (χ1v) is 38.5. The van der Waals surface area contributed by atoms with Crippen LogP contribution in [0, 0.1) is 59.1 Å². The van der Waals surface area contributed by atoms with Crippen LogP contribution in [0.15, 0.2) is 60.4 Å². The summed E-state index contributed by atoms with van der Waals surface area (Å²) in [6, 6.07) is -9.12. The minimum atomic E-state index is -3.77. The Hall–Kier alpha value is -7.75. The van der Waals surface area contributed by atoms with E-state index in [2.05, 4.69) is 0 Å². The number of benzene rings is 5. The van der Waals surface area contributed by atoms with E-state index < -0.39 is 292 Å². The highest BCUT2D eigenvalue weighted by atomic mass is 16.5. The molecule has 10 aliphatic heterocycles. The van der Waals surface area contributed by atoms with Gasteiger partial charge in [-0.15, -0.1) is 0 Å². The van der Waals surface area contributed by atoms with Gasteiger partial charge >= 0.3 is 0 Å². The first-order chi connectivity index (χ1) is 79.6. The molecule has 10 heterocycles. The van der Waals surface area contributed by atoms with Crippen LogP contribution in [0.3, 0.4) is 0 Å². The third-order valence-corrected chi connectivity index (χ3v) is 21.6. The molecule has 13 atom stereocenters. The quantitative estimate of drug-likeness (QED) is 0.0598. The van der Waals surface area contributed by atoms with Crippen LogP contribution < -0.4 is 47.4 Å². The molecule has 5 fully saturated rings. The number of ketones is 5. The van der Waals surface area contributed by atoms with Gasteiger partial charge in [-0.3, -0.25) is 48.5 Å². The van der Waals surface area contributed by atoms with Crippen molar-refractivity contribution >= 4 is 28.9 Å². The summed E-state index contributed by atoms with van der Waals surface area (Å²) in [5.74, 6) is -28.6. The van der Waals surface area contributed by atoms with Gasteiger partial charge in [0.1, 0.15) is 28.9 Å². The van der Waals surface area contributed by atoms with Gasteiger partial charge in [0.15, 0.2) is 57.5 Å². The van der Waals surface area contributed by atoms with Crippen LogP contribution in [0.5, 0.6) is 57.5 Å². The SMILES string of the molecule is [2H]c1c2c(c([2H])c(OC)c1OC([2H])([2H])[2H])C1CC(=O)C(C([2H])([2H])C([2H])(C([2H])([2H])[2H])C([2H])([2H])C)C([2H])([2H])N1CC2.[2H]c1c2c(c([2H])c(OC)c1OC([2H])([2H])[2H])C1CC(=O)C(C([2H])([2H])C([2H])(C([2H])([2H])[2H])C([2H])([2H])C)CN1CC2.[2H]c1c2c(c([2H])c(OC)c1OC([2H])([2H])[2H])C1CC(=O)C(CC(C)C)C([2H])([2H])N1CC2.[2H]c1c2c(c([2H])c(OC)c1OC([2H])([2H])[2H])C1N(CC2)CC([2H])(C([2H])([2H])C([2H])(C([2H])([2H])[2H])C([2H])([2H])C)C(=O)C1([2H])[2H].[2H]c1c2c(c([2H])c(OC)c1OC([2H])([2H])[2H])C1N(CC2)CC([2H])(CC(C)C)C(=O)C1([2H])[2H]. The number of hydrogen-bond donors (Lipinski definition) is 0. The smallest absolute Gasteiger partial charge is 0.161 e. The topological polar surface area (TPSA) is 194 Å². The highest BCUT2D eigenvalue weighted by Crippen LogP contribution is 2.49. The summed E-state index contributed by atoms with van der Waals surface area (Å²) in [6.45, 7) is -6.71. The van der Waals surface area contributed by atoms with Crippen molar-refractivity contribution in [3.63, 3.8) is 0 Å². The van der Waals surface area contributed by atoms with Crippen LogP contribution >= 0.6 is 0 Å². The number of piperidine rings is 5. The van der Waals surface area contributed by atoms with Crippen molar-refractivity contribution in [3.8, 4) is 57.5 Å². The van der Waals surface area contributed by atoms with E-state index in [1.54, 1.807) is 14.7 Å². The van der Waals surface area contributed by atoms with Gasteiger partial charge < -0.3 is 47.4 Å². The standard InChI is InChI=1S/3C20H29NO3.2C19H27NO3/c3*1-5-13(2)8-15-12-21-7-6-14-9-19(23-3)20(24-4)10-16(14)17(21)11-18(15)22;2*1-12(2)7-14-11-20-6-5-13-8-18(22-3)19(23-4)9-15(13)16(20)10-17(14)21/h3*9-10,13,15,17H,5-8,11-12H2,1-4H3;2*8-9,12,14,16H,5-7,10-11H2,1-4H3/i2D3,3D3,5D2,8D2,9D,10D,11D2,13D,15D;2D3,3D3,5D2,8D2,9D,10D,12D2,13D;2D3,3D3,5D2,8D2,9D,10D,13D;3D3,8D,9D,10D2,14D;3D3,8D,9D,11D2. The van der Waals surface area contributed by atoms with Crippen LogP contribution in [-0.2, 0) is 56.1 Å². The van der Waals surface area contributed by atoms with Crippen molar-refractivity contribution in [2.45, 2.75) is 214 Å². The molecule has 0 N–H and O–H groups in total. The Kier molecular flexibility index (Phi) is 14.5. The van der Waals surface area contributed by atoms with Gasteiger partial charge in [0.25, 0.3) is 0 Å². The summed E-state index contributed by atoms with van der Waals surface area (Å²) in [5, 5.41) is 0. The molecule has 10 aliphatic rings. The van der Waals surface area contributed by atoms with E-state index in [-0.39, 0.29) is 213 Å². The maximum Gasteiger partial charge on any atom is 0.161 e. The van der Waals surface area contributed by atoms with Crippen molar-refractivity contribution in [1.82, 2.24) is 24.5 Å². The second-order valence-corrected chi connectivity index (χ2v) is 29.8. The molecule has 0 amide bonds. The number of methoxy groups -OCH3 is 10. The van der Waals surface area contributed by atoms with Gasteiger partial charge in [-0.05, 0) is 210 Å². The predicted octanol–water partition coefficient (Wildman–Crippen LogP) is 17.4. The molecule has 0 aliphatic carbocycles. The van der Waals surface area contributed by atoms with Crippen molar-refractivity contribution in [2.75, 3.05) is 136 Å². The fourth-order valence-electron chi connectivity index (χ4n) is 15.8. The minimum absolute atomic E-state index is 0.0176. The normalized spacial score (nSPS) is 37.3. The Morgan fingerprint density at radius 3 is 1.01 bits per heavy atom. The van der Waals surface area contributed by atoms with Crippen LogP contribution in [-0.4, -0.2) is 190 Å². The number of fused-ring (bicyclic) bond motifs is 15. The number of Topliss-reactive ketones (excluding diaryl/α,β-unsaturated/α-hetero) is 5. The van der Waals surface area contributed by atoms with Crippen molar-refractivity contribution < 1.29 is 152 Å². The third kappa shape index (κ3) is 21.0. The fourth-order valence-corrected chi connectivity index (χ4v) is 15.8. The molecule has 0 saturated carbocycles. The molecule has 5 saturated heterocycles. The Labute approximate surface area is 788 Å². The molecule has 5 aromatic carbocycles. The number of carbonyl (C=O) groups excluding carboxylic acids is 5. The third-order valence-electron chi connectivity index (χ3n) is 21.6. The van der Waals surface area contributed by atoms with Crippen molar-refractivity contribution in [2.24, 2.45) is 59.1 Å². The molecule has 0 aromatic heterocycles. The number of nitrogens with zero attached hydrogens (tertiary/aromatic N) is 5. The molecule has 13 unspecified atom stereocenters. The lowest BCUT2D eigenvalue weighted by atomic mass is 9.79. The van der Waals surface area contributed by atoms with E-state index in [4.69, 9.17) is 128 Å². The van der Waals surface area contributed by atoms with Crippen LogP contribution in [0.2, 0.25) is 0 Å². The van der Waals surface area contributed by atoms with Crippen molar-refractivity contribution in [3.05, 3.63) is 116 Å². The zero-order chi connectivity index (χ0) is 136. The Balaban J connectivity index is 0.000000207. The molecule has 15 rings (SSSR count). The van der Waals surface area contributed by atoms with Crippen LogP contribution in [0.1, 0.15) is 319 Å². The van der Waals surface area contributed by atoms with E-state index in [1.807, 2.05) is 27.7 Å². The summed E-state index contributed by atoms with van der Waals surface area (Å²) >= 11 is 0. The van der Waals surface area contributed by atoms with Gasteiger partial charge in [0.2, 0.25) is 0 Å². The maximum atomic E-state index is 13.7. The molecule has 118 heavy (non-hydrogen) atoms. The van der Waals surface area contributed by atoms with Crippen LogP contribution in [0.4, 0.5) is 0 Å². The first kappa shape index (κ1) is 41.0. The van der Waals surface area contributed by atoms with Gasteiger partial charge in [-0.1, -0.05) is 88.1 Å². The Bertz CT molecular complexity index is 7050.